The first-order valence-corrected chi connectivity index (χ1v) is 9.33. The molecule has 0 fully saturated rings. The number of nitrogens with zero attached hydrogens (tertiary/aromatic N) is 2. The molecule has 1 heterocycles. The number of H-pyrrole nitrogens is 1. The highest BCUT2D eigenvalue weighted by molar-refractivity contribution is 6.35. The summed E-state index contributed by atoms with van der Waals surface area (Å²) in [5.74, 6) is -0.0703. The van der Waals surface area contributed by atoms with E-state index in [1.54, 1.807) is 12.1 Å². The predicted octanol–water partition coefficient (Wildman–Crippen LogP) is 4.43. The molecule has 0 saturated heterocycles. The number of aryl methyl sites for hydroxylation is 2. The number of halogens is 1. The number of nitrogens with one attached hydrogen (secondary N) is 1. The second-order valence-electron chi connectivity index (χ2n) is 6.44. The summed E-state index contributed by atoms with van der Waals surface area (Å²) >= 11 is 6.46. The highest BCUT2D eigenvalue weighted by atomic mass is 35.5. The van der Waals surface area contributed by atoms with Crippen LogP contribution < -0.4 is 0 Å². The summed E-state index contributed by atoms with van der Waals surface area (Å²) in [6.45, 7) is 2.10. The van der Waals surface area contributed by atoms with Crippen LogP contribution in [0.3, 0.4) is 0 Å². The number of carbonyl (C=O) groups is 1. The predicted molar refractivity (Wildman–Crippen MR) is 105 cm³/mol. The molecule has 27 heavy (non-hydrogen) atoms. The number of benzene rings is 2. The number of aromatic hydroxyl groups is 1. The van der Waals surface area contributed by atoms with Crippen molar-refractivity contribution in [3.8, 4) is 16.9 Å². The smallest absolute Gasteiger partial charge is 0.305 e. The SMILES string of the molecule is CCCCc1cc(CCC(=O)OC)cc(-c2c(Cl)ccc3n[nH]nc23)c1O. The van der Waals surface area contributed by atoms with Crippen molar-refractivity contribution in [1.82, 2.24) is 15.4 Å². The van der Waals surface area contributed by atoms with Gasteiger partial charge in [-0.25, -0.2) is 0 Å². The second kappa shape index (κ2) is 8.39. The minimum atomic E-state index is -0.267. The van der Waals surface area contributed by atoms with Crippen LogP contribution in [-0.2, 0) is 22.4 Å². The van der Waals surface area contributed by atoms with Crippen molar-refractivity contribution in [2.75, 3.05) is 7.11 Å². The third kappa shape index (κ3) is 4.06. The average molecular weight is 388 g/mol. The van der Waals surface area contributed by atoms with Crippen molar-refractivity contribution < 1.29 is 14.6 Å². The Hall–Kier alpha value is -2.60. The second-order valence-corrected chi connectivity index (χ2v) is 6.85. The molecule has 7 heteroatoms. The number of unbranched alkanes of at least 4 members (excludes halogenated alkanes) is 1. The van der Waals surface area contributed by atoms with Crippen LogP contribution >= 0.6 is 11.6 Å². The number of methoxy groups -OCH3 is 1. The molecular weight excluding hydrogens is 366 g/mol. The molecule has 0 saturated carbocycles. The molecule has 0 bridgehead atoms. The lowest BCUT2D eigenvalue weighted by molar-refractivity contribution is -0.140. The van der Waals surface area contributed by atoms with Gasteiger partial charge in [0, 0.05) is 17.5 Å². The van der Waals surface area contributed by atoms with Gasteiger partial charge in [-0.3, -0.25) is 4.79 Å². The van der Waals surface area contributed by atoms with E-state index in [0.717, 1.165) is 30.4 Å². The molecule has 6 nitrogen and oxygen atoms in total. The van der Waals surface area contributed by atoms with Gasteiger partial charge in [0.25, 0.3) is 0 Å². The molecule has 0 aliphatic rings. The zero-order valence-electron chi connectivity index (χ0n) is 15.4. The normalized spacial score (nSPS) is 11.1. The number of fused-ring (bicyclic) bond motifs is 1. The van der Waals surface area contributed by atoms with Crippen LogP contribution in [0.4, 0.5) is 0 Å². The van der Waals surface area contributed by atoms with Gasteiger partial charge < -0.3 is 9.84 Å². The number of phenolic OH excluding ortho intramolecular Hbond substituents is 1. The number of hydrogen-bond acceptors (Lipinski definition) is 5. The van der Waals surface area contributed by atoms with Gasteiger partial charge in [-0.1, -0.05) is 31.0 Å². The van der Waals surface area contributed by atoms with Crippen molar-refractivity contribution in [1.29, 1.82) is 0 Å². The summed E-state index contributed by atoms with van der Waals surface area (Å²) in [6, 6.07) is 7.34. The molecule has 2 aromatic carbocycles. The first-order valence-electron chi connectivity index (χ1n) is 8.96. The Balaban J connectivity index is 2.13. The van der Waals surface area contributed by atoms with E-state index in [9.17, 15) is 9.90 Å². The lowest BCUT2D eigenvalue weighted by Crippen LogP contribution is -2.03. The third-order valence-corrected chi connectivity index (χ3v) is 4.92. The molecule has 0 aliphatic heterocycles. The summed E-state index contributed by atoms with van der Waals surface area (Å²) in [7, 11) is 1.38. The zero-order valence-corrected chi connectivity index (χ0v) is 16.1. The van der Waals surface area contributed by atoms with Gasteiger partial charge in [0.1, 0.15) is 16.8 Å². The lowest BCUT2D eigenvalue weighted by Gasteiger charge is -2.14. The van der Waals surface area contributed by atoms with E-state index < -0.39 is 0 Å². The molecule has 0 amide bonds. The molecule has 0 radical (unpaired) electrons. The van der Waals surface area contributed by atoms with Crippen molar-refractivity contribution in [3.63, 3.8) is 0 Å². The van der Waals surface area contributed by atoms with Crippen LogP contribution in [-0.4, -0.2) is 33.6 Å². The number of phenols is 1. The van der Waals surface area contributed by atoms with Gasteiger partial charge in [0.15, 0.2) is 0 Å². The Kier molecular flexibility index (Phi) is 5.96. The molecule has 0 atom stereocenters. The number of carbonyl (C=O) groups excluding carboxylic acids is 1. The maximum Gasteiger partial charge on any atom is 0.305 e. The molecule has 2 N–H and O–H groups in total. The minimum Gasteiger partial charge on any atom is -0.507 e. The monoisotopic (exact) mass is 387 g/mol. The summed E-state index contributed by atoms with van der Waals surface area (Å²) in [4.78, 5) is 11.5. The standard InChI is InChI=1S/C20H22ClN3O3/c1-3-4-5-13-10-12(6-9-17(25)27-2)11-14(20(13)26)18-15(21)7-8-16-19(18)23-24-22-16/h7-8,10-11,26H,3-6,9H2,1-2H3,(H,22,23,24). The van der Waals surface area contributed by atoms with Crippen LogP contribution in [0.2, 0.25) is 5.02 Å². The number of aromatic nitrogens is 3. The Bertz CT molecular complexity index is 969. The topological polar surface area (TPSA) is 88.1 Å². The van der Waals surface area contributed by atoms with Crippen molar-refractivity contribution in [2.45, 2.75) is 39.0 Å². The first-order chi connectivity index (χ1) is 13.0. The van der Waals surface area contributed by atoms with Gasteiger partial charge in [0.05, 0.1) is 12.1 Å². The Labute approximate surface area is 162 Å². The van der Waals surface area contributed by atoms with Gasteiger partial charge in [-0.2, -0.15) is 15.4 Å². The van der Waals surface area contributed by atoms with E-state index in [4.69, 9.17) is 16.3 Å². The van der Waals surface area contributed by atoms with Crippen LogP contribution in [0.25, 0.3) is 22.2 Å². The number of aromatic amines is 1. The lowest BCUT2D eigenvalue weighted by atomic mass is 9.93. The van der Waals surface area contributed by atoms with Gasteiger partial charge in [-0.05, 0) is 48.6 Å². The van der Waals surface area contributed by atoms with Crippen LogP contribution in [0.5, 0.6) is 5.75 Å². The number of hydrogen-bond donors (Lipinski definition) is 2. The van der Waals surface area contributed by atoms with E-state index in [2.05, 4.69) is 22.3 Å². The fourth-order valence-corrected chi connectivity index (χ4v) is 3.40. The Morgan fingerprint density at radius 3 is 2.81 bits per heavy atom. The molecule has 3 aromatic rings. The fraction of sp³-hybridized carbons (Fsp3) is 0.350. The maximum absolute atomic E-state index is 11.5. The molecule has 142 valence electrons. The number of rotatable bonds is 7. The van der Waals surface area contributed by atoms with Crippen molar-refractivity contribution in [2.24, 2.45) is 0 Å². The molecule has 0 aliphatic carbocycles. The van der Waals surface area contributed by atoms with E-state index in [0.29, 0.717) is 33.6 Å². The van der Waals surface area contributed by atoms with Gasteiger partial charge in [-0.15, -0.1) is 0 Å². The highest BCUT2D eigenvalue weighted by Gasteiger charge is 2.19. The average Bonchev–Trinajstić information content (AvgIpc) is 3.14. The van der Waals surface area contributed by atoms with Crippen molar-refractivity contribution in [3.05, 3.63) is 40.4 Å². The highest BCUT2D eigenvalue weighted by Crippen LogP contribution is 2.41. The third-order valence-electron chi connectivity index (χ3n) is 4.60. The van der Waals surface area contributed by atoms with E-state index in [1.165, 1.54) is 7.11 Å². The molecular formula is C20H22ClN3O3. The van der Waals surface area contributed by atoms with Gasteiger partial charge >= 0.3 is 5.97 Å². The minimum absolute atomic E-state index is 0.197. The summed E-state index contributed by atoms with van der Waals surface area (Å²) < 4.78 is 4.74. The van der Waals surface area contributed by atoms with Gasteiger partial charge in [0.2, 0.25) is 0 Å². The number of ether oxygens (including phenoxy) is 1. The molecule has 1 aromatic heterocycles. The van der Waals surface area contributed by atoms with E-state index >= 15 is 0 Å². The molecule has 0 spiro atoms. The zero-order chi connectivity index (χ0) is 19.4. The van der Waals surface area contributed by atoms with Crippen LogP contribution in [0.15, 0.2) is 24.3 Å². The maximum atomic E-state index is 11.5. The van der Waals surface area contributed by atoms with E-state index in [-0.39, 0.29) is 18.1 Å². The largest absolute Gasteiger partial charge is 0.507 e. The summed E-state index contributed by atoms with van der Waals surface area (Å²) in [6.07, 6.45) is 3.51. The quantitative estimate of drug-likeness (QED) is 0.585. The van der Waals surface area contributed by atoms with Crippen LogP contribution in [0, 0.1) is 0 Å². The summed E-state index contributed by atoms with van der Waals surface area (Å²) in [5.41, 5.74) is 4.29. The first kappa shape index (κ1) is 19.2. The molecule has 3 rings (SSSR count). The Morgan fingerprint density at radius 1 is 1.26 bits per heavy atom. The summed E-state index contributed by atoms with van der Waals surface area (Å²) in [5, 5.41) is 22.3. The van der Waals surface area contributed by atoms with Crippen molar-refractivity contribution >= 4 is 28.6 Å². The Morgan fingerprint density at radius 2 is 2.07 bits per heavy atom. The van der Waals surface area contributed by atoms with Crippen LogP contribution in [0.1, 0.15) is 37.3 Å². The molecule has 0 unspecified atom stereocenters. The fourth-order valence-electron chi connectivity index (χ4n) is 3.15. The van der Waals surface area contributed by atoms with E-state index in [1.807, 2.05) is 12.1 Å². The number of esters is 1.